The Bertz CT molecular complexity index is 1380. The number of nitrogens with one attached hydrogen (secondary N) is 2. The van der Waals surface area contributed by atoms with Crippen LogP contribution >= 0.6 is 11.6 Å². The van der Waals surface area contributed by atoms with Crippen LogP contribution in [0.3, 0.4) is 0 Å². The fraction of sp³-hybridized carbons (Fsp3) is 0.207. The van der Waals surface area contributed by atoms with Gasteiger partial charge in [-0.1, -0.05) is 72.6 Å². The van der Waals surface area contributed by atoms with E-state index < -0.39 is 0 Å². The van der Waals surface area contributed by atoms with Crippen LogP contribution < -0.4 is 10.6 Å². The van der Waals surface area contributed by atoms with Gasteiger partial charge in [0.25, 0.3) is 0 Å². The van der Waals surface area contributed by atoms with E-state index in [1.165, 1.54) is 4.90 Å². The number of hydrogen-bond acceptors (Lipinski definition) is 3. The monoisotopic (exact) mass is 515 g/mol. The van der Waals surface area contributed by atoms with E-state index in [-0.39, 0.29) is 18.5 Å². The lowest BCUT2D eigenvalue weighted by Crippen LogP contribution is -2.41. The fourth-order valence-electron chi connectivity index (χ4n) is 4.10. The zero-order chi connectivity index (χ0) is 26.4. The minimum absolute atomic E-state index is 0.118. The molecular formula is C29H30ClN5O2. The fourth-order valence-corrected chi connectivity index (χ4v) is 4.29. The van der Waals surface area contributed by atoms with Gasteiger partial charge in [-0.15, -0.1) is 0 Å². The molecule has 4 aromatic rings. The molecule has 190 valence electrons. The van der Waals surface area contributed by atoms with Gasteiger partial charge in [0.1, 0.15) is 12.4 Å². The van der Waals surface area contributed by atoms with Gasteiger partial charge in [0, 0.05) is 22.8 Å². The third-order valence-corrected chi connectivity index (χ3v) is 6.09. The Labute approximate surface area is 222 Å². The lowest BCUT2D eigenvalue weighted by molar-refractivity contribution is -0.116. The smallest absolute Gasteiger partial charge is 0.315 e. The minimum Gasteiger partial charge on any atom is -0.315 e. The number of amides is 3. The first-order valence-electron chi connectivity index (χ1n) is 12.2. The van der Waals surface area contributed by atoms with Crippen LogP contribution in [0.15, 0.2) is 78.9 Å². The normalized spacial score (nSPS) is 10.7. The SMILES string of the molecule is CCCN(CC(=O)Nc1c(-c2ccccc2)c(C)nn1-c1ccc(C)cc1)C(=O)Nc1cccc(Cl)c1. The first kappa shape index (κ1) is 26.0. The number of benzene rings is 3. The third-order valence-electron chi connectivity index (χ3n) is 5.85. The number of anilines is 2. The van der Waals surface area contributed by atoms with Crippen LogP contribution in [0, 0.1) is 13.8 Å². The van der Waals surface area contributed by atoms with Crippen molar-refractivity contribution in [2.75, 3.05) is 23.7 Å². The van der Waals surface area contributed by atoms with E-state index in [4.69, 9.17) is 16.7 Å². The summed E-state index contributed by atoms with van der Waals surface area (Å²) in [4.78, 5) is 27.8. The van der Waals surface area contributed by atoms with Crippen LogP contribution in [-0.4, -0.2) is 39.7 Å². The summed E-state index contributed by atoms with van der Waals surface area (Å²) in [6, 6.07) is 24.3. The predicted octanol–water partition coefficient (Wildman–Crippen LogP) is 6.69. The van der Waals surface area contributed by atoms with Crippen molar-refractivity contribution in [3.8, 4) is 16.8 Å². The van der Waals surface area contributed by atoms with Crippen LogP contribution in [0.25, 0.3) is 16.8 Å². The molecule has 3 amide bonds. The van der Waals surface area contributed by atoms with Gasteiger partial charge in [0.2, 0.25) is 5.91 Å². The van der Waals surface area contributed by atoms with Crippen LogP contribution in [-0.2, 0) is 4.79 Å². The topological polar surface area (TPSA) is 79.3 Å². The van der Waals surface area contributed by atoms with E-state index in [0.717, 1.165) is 28.1 Å². The molecule has 3 aromatic carbocycles. The molecule has 0 aliphatic carbocycles. The Morgan fingerprint density at radius 2 is 1.68 bits per heavy atom. The van der Waals surface area contributed by atoms with Crippen molar-refractivity contribution in [1.82, 2.24) is 14.7 Å². The molecular weight excluding hydrogens is 486 g/mol. The largest absolute Gasteiger partial charge is 0.322 e. The molecule has 0 radical (unpaired) electrons. The molecule has 37 heavy (non-hydrogen) atoms. The zero-order valence-electron chi connectivity index (χ0n) is 21.2. The highest BCUT2D eigenvalue weighted by Gasteiger charge is 2.22. The van der Waals surface area contributed by atoms with Gasteiger partial charge < -0.3 is 15.5 Å². The summed E-state index contributed by atoms with van der Waals surface area (Å²) in [5, 5.41) is 11.1. The molecule has 2 N–H and O–H groups in total. The molecule has 1 heterocycles. The second-order valence-corrected chi connectivity index (χ2v) is 9.27. The maximum absolute atomic E-state index is 13.3. The number of carbonyl (C=O) groups excluding carboxylic acids is 2. The summed E-state index contributed by atoms with van der Waals surface area (Å²) >= 11 is 6.05. The molecule has 0 atom stereocenters. The average Bonchev–Trinajstić information content (AvgIpc) is 3.20. The predicted molar refractivity (Wildman–Crippen MR) is 149 cm³/mol. The van der Waals surface area contributed by atoms with Crippen molar-refractivity contribution >= 4 is 35.0 Å². The van der Waals surface area contributed by atoms with Gasteiger partial charge in [-0.2, -0.15) is 5.10 Å². The lowest BCUT2D eigenvalue weighted by atomic mass is 10.1. The van der Waals surface area contributed by atoms with E-state index in [9.17, 15) is 9.59 Å². The van der Waals surface area contributed by atoms with E-state index in [1.807, 2.05) is 75.4 Å². The first-order chi connectivity index (χ1) is 17.9. The van der Waals surface area contributed by atoms with E-state index >= 15 is 0 Å². The van der Waals surface area contributed by atoms with Gasteiger partial charge in [0.15, 0.2) is 0 Å². The van der Waals surface area contributed by atoms with E-state index in [1.54, 1.807) is 28.9 Å². The van der Waals surface area contributed by atoms with Crippen LogP contribution in [0.1, 0.15) is 24.6 Å². The quantitative estimate of drug-likeness (QED) is 0.274. The standard InChI is InChI=1S/C29H30ClN5O2/c1-4-17-34(29(37)31-24-12-8-11-23(30)18-24)19-26(36)32-28-27(22-9-6-5-7-10-22)21(3)33-35(28)25-15-13-20(2)14-16-25/h5-16,18H,4,17,19H2,1-3H3,(H,31,37)(H,32,36). The highest BCUT2D eigenvalue weighted by molar-refractivity contribution is 6.30. The Kier molecular flexibility index (Phi) is 8.25. The van der Waals surface area contributed by atoms with Crippen LogP contribution in [0.2, 0.25) is 5.02 Å². The number of urea groups is 1. The molecule has 0 spiro atoms. The number of halogens is 1. The lowest BCUT2D eigenvalue weighted by Gasteiger charge is -2.22. The van der Waals surface area contributed by atoms with Crippen LogP contribution in [0.4, 0.5) is 16.3 Å². The number of hydrogen-bond donors (Lipinski definition) is 2. The first-order valence-corrected chi connectivity index (χ1v) is 12.6. The molecule has 0 aliphatic heterocycles. The van der Waals surface area contributed by atoms with E-state index in [0.29, 0.717) is 29.5 Å². The Hall–Kier alpha value is -4.10. The molecule has 0 unspecified atom stereocenters. The maximum Gasteiger partial charge on any atom is 0.322 e. The van der Waals surface area contributed by atoms with Gasteiger partial charge in [0.05, 0.1) is 11.4 Å². The molecule has 0 saturated heterocycles. The number of carbonyl (C=O) groups is 2. The van der Waals surface area contributed by atoms with Crippen LogP contribution in [0.5, 0.6) is 0 Å². The number of rotatable bonds is 8. The second kappa shape index (κ2) is 11.8. The summed E-state index contributed by atoms with van der Waals surface area (Å²) in [6.45, 7) is 6.20. The Morgan fingerprint density at radius 3 is 2.35 bits per heavy atom. The molecule has 0 bridgehead atoms. The molecule has 4 rings (SSSR count). The molecule has 7 nitrogen and oxygen atoms in total. The zero-order valence-corrected chi connectivity index (χ0v) is 21.9. The summed E-state index contributed by atoms with van der Waals surface area (Å²) < 4.78 is 1.74. The van der Waals surface area contributed by atoms with Gasteiger partial charge >= 0.3 is 6.03 Å². The van der Waals surface area contributed by atoms with E-state index in [2.05, 4.69) is 10.6 Å². The Balaban J connectivity index is 1.62. The highest BCUT2D eigenvalue weighted by atomic mass is 35.5. The van der Waals surface area contributed by atoms with Crippen molar-refractivity contribution in [3.05, 3.63) is 95.1 Å². The number of aromatic nitrogens is 2. The summed E-state index contributed by atoms with van der Waals surface area (Å²) in [6.07, 6.45) is 0.700. The van der Waals surface area contributed by atoms with Gasteiger partial charge in [-0.05, 0) is 56.2 Å². The Morgan fingerprint density at radius 1 is 0.946 bits per heavy atom. The number of aryl methyl sites for hydroxylation is 2. The van der Waals surface area contributed by atoms with Crippen molar-refractivity contribution in [1.29, 1.82) is 0 Å². The second-order valence-electron chi connectivity index (χ2n) is 8.83. The molecule has 0 saturated carbocycles. The van der Waals surface area contributed by atoms with Crippen molar-refractivity contribution < 1.29 is 9.59 Å². The molecule has 8 heteroatoms. The summed E-state index contributed by atoms with van der Waals surface area (Å²) in [7, 11) is 0. The van der Waals surface area contributed by atoms with Crippen molar-refractivity contribution in [3.63, 3.8) is 0 Å². The highest BCUT2D eigenvalue weighted by Crippen LogP contribution is 2.33. The summed E-state index contributed by atoms with van der Waals surface area (Å²) in [5.41, 5.74) is 5.08. The molecule has 1 aromatic heterocycles. The van der Waals surface area contributed by atoms with Gasteiger partial charge in [-0.3, -0.25) is 4.79 Å². The molecule has 0 aliphatic rings. The number of nitrogens with zero attached hydrogens (tertiary/aromatic N) is 3. The van der Waals surface area contributed by atoms with Crippen molar-refractivity contribution in [2.45, 2.75) is 27.2 Å². The van der Waals surface area contributed by atoms with Gasteiger partial charge in [-0.25, -0.2) is 9.48 Å². The maximum atomic E-state index is 13.3. The average molecular weight is 516 g/mol. The molecule has 0 fully saturated rings. The van der Waals surface area contributed by atoms with Crippen molar-refractivity contribution in [2.24, 2.45) is 0 Å². The third kappa shape index (κ3) is 6.37. The minimum atomic E-state index is -0.370. The summed E-state index contributed by atoms with van der Waals surface area (Å²) in [5.74, 6) is 0.240.